The molecule has 1 amide bonds. The van der Waals surface area contributed by atoms with E-state index in [1.807, 2.05) is 30.5 Å². The van der Waals surface area contributed by atoms with Crippen LogP contribution in [0.25, 0.3) is 10.9 Å². The number of fused-ring (bicyclic) bond motifs is 1. The fourth-order valence-corrected chi connectivity index (χ4v) is 3.27. The maximum Gasteiger partial charge on any atom is 0.313 e. The first-order chi connectivity index (χ1) is 11.1. The molecule has 23 heavy (non-hydrogen) atoms. The minimum Gasteiger partial charge on any atom is -0.481 e. The third-order valence-corrected chi connectivity index (χ3v) is 4.60. The SMILES string of the molecule is COCC1(C(=O)O)CCN(C(=O)Cc2c[nH]c3ccccc23)C1. The van der Waals surface area contributed by atoms with E-state index < -0.39 is 11.4 Å². The molecule has 1 atom stereocenters. The van der Waals surface area contributed by atoms with Gasteiger partial charge in [0.2, 0.25) is 5.91 Å². The second kappa shape index (κ2) is 6.04. The number of likely N-dealkylation sites (tertiary alicyclic amines) is 1. The number of methoxy groups -OCH3 is 1. The van der Waals surface area contributed by atoms with Gasteiger partial charge in [0.1, 0.15) is 5.41 Å². The maximum absolute atomic E-state index is 12.5. The van der Waals surface area contributed by atoms with E-state index in [9.17, 15) is 14.7 Å². The van der Waals surface area contributed by atoms with E-state index in [0.717, 1.165) is 16.5 Å². The molecule has 6 heteroatoms. The van der Waals surface area contributed by atoms with Crippen molar-refractivity contribution in [2.75, 3.05) is 26.8 Å². The van der Waals surface area contributed by atoms with Crippen molar-refractivity contribution in [2.45, 2.75) is 12.8 Å². The van der Waals surface area contributed by atoms with E-state index in [4.69, 9.17) is 4.74 Å². The largest absolute Gasteiger partial charge is 0.481 e. The Hall–Kier alpha value is -2.34. The van der Waals surface area contributed by atoms with Crippen molar-refractivity contribution >= 4 is 22.8 Å². The highest BCUT2D eigenvalue weighted by Gasteiger charge is 2.46. The zero-order valence-corrected chi connectivity index (χ0v) is 13.0. The molecule has 0 aliphatic carbocycles. The number of nitrogens with zero attached hydrogens (tertiary/aromatic N) is 1. The molecule has 1 aliphatic heterocycles. The molecule has 1 aliphatic rings. The Balaban J connectivity index is 1.73. The van der Waals surface area contributed by atoms with Crippen LogP contribution in [0.1, 0.15) is 12.0 Å². The number of carboxylic acid groups (broad SMARTS) is 1. The fraction of sp³-hybridized carbons (Fsp3) is 0.412. The number of hydrogen-bond donors (Lipinski definition) is 2. The first kappa shape index (κ1) is 15.6. The number of nitrogens with one attached hydrogen (secondary N) is 1. The molecule has 1 saturated heterocycles. The minimum absolute atomic E-state index is 0.0472. The van der Waals surface area contributed by atoms with Crippen LogP contribution in [-0.4, -0.2) is 53.7 Å². The smallest absolute Gasteiger partial charge is 0.313 e. The average Bonchev–Trinajstić information content (AvgIpc) is 3.14. The van der Waals surface area contributed by atoms with Crippen LogP contribution in [0.4, 0.5) is 0 Å². The Labute approximate surface area is 134 Å². The number of hydrogen-bond acceptors (Lipinski definition) is 3. The molecule has 2 aromatic rings. The standard InChI is InChI=1S/C17H20N2O4/c1-23-11-17(16(21)22)6-7-19(10-17)15(20)8-12-9-18-14-5-3-2-4-13(12)14/h2-5,9,18H,6-8,10-11H2,1H3,(H,21,22). The van der Waals surface area contributed by atoms with Gasteiger partial charge in [0.05, 0.1) is 13.0 Å². The summed E-state index contributed by atoms with van der Waals surface area (Å²) in [5.41, 5.74) is 0.950. The predicted molar refractivity (Wildman–Crippen MR) is 85.1 cm³/mol. The number of carboxylic acids is 1. The van der Waals surface area contributed by atoms with Crippen molar-refractivity contribution in [3.05, 3.63) is 36.0 Å². The predicted octanol–water partition coefficient (Wildman–Crippen LogP) is 1.66. The Bertz CT molecular complexity index is 739. The molecule has 1 unspecified atom stereocenters. The van der Waals surface area contributed by atoms with Crippen LogP contribution < -0.4 is 0 Å². The van der Waals surface area contributed by atoms with Crippen LogP contribution >= 0.6 is 0 Å². The molecular weight excluding hydrogens is 296 g/mol. The molecule has 0 bridgehead atoms. The molecule has 0 saturated carbocycles. The molecular formula is C17H20N2O4. The maximum atomic E-state index is 12.5. The molecule has 3 rings (SSSR count). The van der Waals surface area contributed by atoms with Crippen LogP contribution in [0.5, 0.6) is 0 Å². The molecule has 122 valence electrons. The highest BCUT2D eigenvalue weighted by Crippen LogP contribution is 2.32. The summed E-state index contributed by atoms with van der Waals surface area (Å²) in [6, 6.07) is 7.82. The lowest BCUT2D eigenvalue weighted by atomic mass is 9.88. The van der Waals surface area contributed by atoms with Crippen LogP contribution in [-0.2, 0) is 20.7 Å². The zero-order chi connectivity index (χ0) is 16.4. The van der Waals surface area contributed by atoms with Gasteiger partial charge in [-0.15, -0.1) is 0 Å². The number of para-hydroxylation sites is 1. The van der Waals surface area contributed by atoms with Crippen molar-refractivity contribution in [2.24, 2.45) is 5.41 Å². The third kappa shape index (κ3) is 2.82. The molecule has 2 heterocycles. The van der Waals surface area contributed by atoms with Gasteiger partial charge in [-0.1, -0.05) is 18.2 Å². The highest BCUT2D eigenvalue weighted by atomic mass is 16.5. The molecule has 0 spiro atoms. The summed E-state index contributed by atoms with van der Waals surface area (Å²) in [5, 5.41) is 10.5. The third-order valence-electron chi connectivity index (χ3n) is 4.60. The number of amides is 1. The van der Waals surface area contributed by atoms with E-state index in [1.165, 1.54) is 7.11 Å². The summed E-state index contributed by atoms with van der Waals surface area (Å²) in [6.45, 7) is 0.785. The molecule has 1 aromatic heterocycles. The van der Waals surface area contributed by atoms with Crippen LogP contribution in [0.3, 0.4) is 0 Å². The van der Waals surface area contributed by atoms with Gasteiger partial charge in [0, 0.05) is 37.3 Å². The molecule has 1 fully saturated rings. The Kier molecular flexibility index (Phi) is 4.09. The van der Waals surface area contributed by atoms with Gasteiger partial charge < -0.3 is 19.7 Å². The van der Waals surface area contributed by atoms with Crippen molar-refractivity contribution in [3.63, 3.8) is 0 Å². The molecule has 1 aromatic carbocycles. The van der Waals surface area contributed by atoms with E-state index in [-0.39, 0.29) is 25.5 Å². The summed E-state index contributed by atoms with van der Waals surface area (Å²) in [7, 11) is 1.49. The lowest BCUT2D eigenvalue weighted by Gasteiger charge is -2.23. The van der Waals surface area contributed by atoms with Crippen molar-refractivity contribution in [1.29, 1.82) is 0 Å². The lowest BCUT2D eigenvalue weighted by Crippen LogP contribution is -2.40. The highest BCUT2D eigenvalue weighted by molar-refractivity contribution is 5.89. The summed E-state index contributed by atoms with van der Waals surface area (Å²) >= 11 is 0. The first-order valence-electron chi connectivity index (χ1n) is 7.61. The monoisotopic (exact) mass is 316 g/mol. The lowest BCUT2D eigenvalue weighted by molar-refractivity contribution is -0.151. The number of aromatic amines is 1. The van der Waals surface area contributed by atoms with Gasteiger partial charge >= 0.3 is 5.97 Å². The number of benzene rings is 1. The van der Waals surface area contributed by atoms with E-state index in [2.05, 4.69) is 4.98 Å². The Morgan fingerprint density at radius 2 is 2.17 bits per heavy atom. The van der Waals surface area contributed by atoms with E-state index in [0.29, 0.717) is 13.0 Å². The number of rotatable bonds is 5. The van der Waals surface area contributed by atoms with E-state index in [1.54, 1.807) is 4.90 Å². The fourth-order valence-electron chi connectivity index (χ4n) is 3.27. The van der Waals surface area contributed by atoms with Crippen molar-refractivity contribution in [1.82, 2.24) is 9.88 Å². The zero-order valence-electron chi connectivity index (χ0n) is 13.0. The summed E-state index contributed by atoms with van der Waals surface area (Å²) in [6.07, 6.45) is 2.54. The topological polar surface area (TPSA) is 82.6 Å². The molecule has 6 nitrogen and oxygen atoms in total. The van der Waals surface area contributed by atoms with Gasteiger partial charge in [-0.2, -0.15) is 0 Å². The quantitative estimate of drug-likeness (QED) is 0.879. The number of ether oxygens (including phenoxy) is 1. The number of carbonyl (C=O) groups excluding carboxylic acids is 1. The van der Waals surface area contributed by atoms with Gasteiger partial charge in [0.15, 0.2) is 0 Å². The number of carbonyl (C=O) groups is 2. The van der Waals surface area contributed by atoms with Crippen LogP contribution in [0, 0.1) is 5.41 Å². The van der Waals surface area contributed by atoms with Crippen LogP contribution in [0.15, 0.2) is 30.5 Å². The number of H-pyrrole nitrogens is 1. The molecule has 0 radical (unpaired) electrons. The van der Waals surface area contributed by atoms with Crippen LogP contribution in [0.2, 0.25) is 0 Å². The van der Waals surface area contributed by atoms with Gasteiger partial charge in [-0.25, -0.2) is 0 Å². The summed E-state index contributed by atoms with van der Waals surface area (Å²) < 4.78 is 5.06. The normalized spacial score (nSPS) is 21.0. The van der Waals surface area contributed by atoms with Crippen molar-refractivity contribution < 1.29 is 19.4 Å². The van der Waals surface area contributed by atoms with Gasteiger partial charge in [-0.05, 0) is 18.1 Å². The van der Waals surface area contributed by atoms with Gasteiger partial charge in [0.25, 0.3) is 0 Å². The molecule has 2 N–H and O–H groups in total. The van der Waals surface area contributed by atoms with Gasteiger partial charge in [-0.3, -0.25) is 9.59 Å². The van der Waals surface area contributed by atoms with E-state index >= 15 is 0 Å². The Morgan fingerprint density at radius 1 is 1.39 bits per heavy atom. The average molecular weight is 316 g/mol. The number of aromatic nitrogens is 1. The second-order valence-electron chi connectivity index (χ2n) is 6.12. The Morgan fingerprint density at radius 3 is 2.91 bits per heavy atom. The first-order valence-corrected chi connectivity index (χ1v) is 7.61. The summed E-state index contributed by atoms with van der Waals surface area (Å²) in [4.78, 5) is 28.9. The summed E-state index contributed by atoms with van der Waals surface area (Å²) in [5.74, 6) is -0.948. The van der Waals surface area contributed by atoms with Crippen molar-refractivity contribution in [3.8, 4) is 0 Å². The second-order valence-corrected chi connectivity index (χ2v) is 6.12. The number of aliphatic carboxylic acids is 1. The minimum atomic E-state index is -0.982.